The van der Waals surface area contributed by atoms with Gasteiger partial charge < -0.3 is 10.2 Å². The molecule has 2 aromatic rings. The molecule has 2 amide bonds. The van der Waals surface area contributed by atoms with Gasteiger partial charge in [0.25, 0.3) is 0 Å². The van der Waals surface area contributed by atoms with E-state index < -0.39 is 20.5 Å². The monoisotopic (exact) mass is 442 g/mol. The molecule has 31 heavy (non-hydrogen) atoms. The number of likely N-dealkylation sites (N-methyl/N-ethyl adjacent to an activating group) is 1. The van der Waals surface area contributed by atoms with Crippen LogP contribution in [-0.2, 0) is 19.4 Å². The first kappa shape index (κ1) is 23.0. The Balaban J connectivity index is 1.84. The van der Waals surface area contributed by atoms with Gasteiger partial charge in [0, 0.05) is 12.7 Å². The van der Waals surface area contributed by atoms with Crippen molar-refractivity contribution < 1.29 is 18.0 Å². The van der Waals surface area contributed by atoms with Crippen LogP contribution in [0.5, 0.6) is 0 Å². The number of carbonyl (C=O) groups is 2. The molecule has 7 heteroatoms. The van der Waals surface area contributed by atoms with Gasteiger partial charge in [0.1, 0.15) is 0 Å². The SMILES string of the molecule is Cc1ccc(NC(=O)CN(C)C(=O)C2(S(=O)(=O)c3cc(C)ccc3C)CCCC2)cc1. The lowest BCUT2D eigenvalue weighted by atomic mass is 10.1. The third-order valence-corrected chi connectivity index (χ3v) is 8.64. The van der Waals surface area contributed by atoms with Gasteiger partial charge in [-0.3, -0.25) is 9.59 Å². The molecule has 0 aliphatic heterocycles. The Morgan fingerprint density at radius 1 is 0.968 bits per heavy atom. The molecule has 1 aliphatic carbocycles. The highest BCUT2D eigenvalue weighted by Crippen LogP contribution is 2.42. The summed E-state index contributed by atoms with van der Waals surface area (Å²) >= 11 is 0. The Kier molecular flexibility index (Phi) is 6.55. The Morgan fingerprint density at radius 3 is 2.16 bits per heavy atom. The quantitative estimate of drug-likeness (QED) is 0.738. The maximum Gasteiger partial charge on any atom is 0.244 e. The van der Waals surface area contributed by atoms with E-state index in [0.717, 1.165) is 11.1 Å². The number of nitrogens with zero attached hydrogens (tertiary/aromatic N) is 1. The maximum atomic E-state index is 13.7. The number of hydrogen-bond acceptors (Lipinski definition) is 4. The predicted octanol–water partition coefficient (Wildman–Crippen LogP) is 3.80. The van der Waals surface area contributed by atoms with E-state index in [2.05, 4.69) is 5.32 Å². The van der Waals surface area contributed by atoms with Gasteiger partial charge in [-0.1, -0.05) is 42.7 Å². The fourth-order valence-electron chi connectivity index (χ4n) is 4.22. The normalized spacial score (nSPS) is 15.5. The summed E-state index contributed by atoms with van der Waals surface area (Å²) < 4.78 is 25.9. The van der Waals surface area contributed by atoms with Crippen molar-refractivity contribution >= 4 is 27.3 Å². The van der Waals surface area contributed by atoms with Crippen LogP contribution in [0.15, 0.2) is 47.4 Å². The van der Waals surface area contributed by atoms with Crippen molar-refractivity contribution in [1.29, 1.82) is 0 Å². The van der Waals surface area contributed by atoms with Crippen molar-refractivity contribution in [2.24, 2.45) is 0 Å². The average Bonchev–Trinajstić information content (AvgIpc) is 3.22. The molecular formula is C24H30N2O4S. The molecule has 0 aromatic heterocycles. The molecule has 1 fully saturated rings. The fourth-order valence-corrected chi connectivity index (χ4v) is 6.69. The smallest absolute Gasteiger partial charge is 0.244 e. The van der Waals surface area contributed by atoms with Gasteiger partial charge >= 0.3 is 0 Å². The lowest BCUT2D eigenvalue weighted by Crippen LogP contribution is -2.52. The first-order valence-electron chi connectivity index (χ1n) is 10.5. The van der Waals surface area contributed by atoms with Gasteiger partial charge in [0.15, 0.2) is 14.6 Å². The first-order chi connectivity index (χ1) is 14.6. The Labute approximate surface area is 184 Å². The number of hydrogen-bond donors (Lipinski definition) is 1. The minimum Gasteiger partial charge on any atom is -0.335 e. The molecule has 0 saturated heterocycles. The maximum absolute atomic E-state index is 13.7. The zero-order valence-electron chi connectivity index (χ0n) is 18.6. The van der Waals surface area contributed by atoms with Crippen molar-refractivity contribution in [3.05, 3.63) is 59.2 Å². The summed E-state index contributed by atoms with van der Waals surface area (Å²) in [7, 11) is -2.42. The number of nitrogens with one attached hydrogen (secondary N) is 1. The van der Waals surface area contributed by atoms with Crippen molar-refractivity contribution in [2.75, 3.05) is 18.9 Å². The van der Waals surface area contributed by atoms with Crippen LogP contribution in [0.1, 0.15) is 42.4 Å². The fraction of sp³-hybridized carbons (Fsp3) is 0.417. The summed E-state index contributed by atoms with van der Waals surface area (Å²) in [6.07, 6.45) is 1.87. The van der Waals surface area contributed by atoms with E-state index >= 15 is 0 Å². The molecule has 0 bridgehead atoms. The lowest BCUT2D eigenvalue weighted by molar-refractivity contribution is -0.135. The van der Waals surface area contributed by atoms with Crippen LogP contribution in [0.4, 0.5) is 5.69 Å². The van der Waals surface area contributed by atoms with E-state index in [4.69, 9.17) is 0 Å². The molecule has 0 heterocycles. The van der Waals surface area contributed by atoms with Gasteiger partial charge in [-0.2, -0.15) is 0 Å². The largest absolute Gasteiger partial charge is 0.335 e. The van der Waals surface area contributed by atoms with Crippen molar-refractivity contribution in [2.45, 2.75) is 56.1 Å². The molecule has 1 N–H and O–H groups in total. The molecule has 0 radical (unpaired) electrons. The van der Waals surface area contributed by atoms with Gasteiger partial charge in [0.2, 0.25) is 11.8 Å². The number of sulfone groups is 1. The molecule has 166 valence electrons. The summed E-state index contributed by atoms with van der Waals surface area (Å²) in [6.45, 7) is 5.33. The third kappa shape index (κ3) is 4.51. The van der Waals surface area contributed by atoms with Gasteiger partial charge in [0.05, 0.1) is 11.4 Å². The van der Waals surface area contributed by atoms with E-state index in [1.807, 2.05) is 32.0 Å². The number of amides is 2. The average molecular weight is 443 g/mol. The highest BCUT2D eigenvalue weighted by molar-refractivity contribution is 7.93. The van der Waals surface area contributed by atoms with Crippen LogP contribution in [0, 0.1) is 20.8 Å². The van der Waals surface area contributed by atoms with Crippen LogP contribution in [-0.4, -0.2) is 43.5 Å². The Bertz CT molecular complexity index is 1090. The number of rotatable bonds is 6. The topological polar surface area (TPSA) is 83.6 Å². The highest BCUT2D eigenvalue weighted by atomic mass is 32.2. The third-order valence-electron chi connectivity index (χ3n) is 6.01. The van der Waals surface area contributed by atoms with Crippen LogP contribution in [0.2, 0.25) is 0 Å². The summed E-state index contributed by atoms with van der Waals surface area (Å²) in [5, 5.41) is 2.76. The number of carbonyl (C=O) groups excluding carboxylic acids is 2. The minimum absolute atomic E-state index is 0.209. The molecule has 0 spiro atoms. The number of aryl methyl sites for hydroxylation is 3. The van der Waals surface area contributed by atoms with Crippen LogP contribution in [0.3, 0.4) is 0 Å². The second-order valence-corrected chi connectivity index (χ2v) is 10.8. The summed E-state index contributed by atoms with van der Waals surface area (Å²) in [5.74, 6) is -0.873. The number of anilines is 1. The van der Waals surface area contributed by atoms with E-state index in [0.29, 0.717) is 24.1 Å². The van der Waals surface area contributed by atoms with Crippen molar-refractivity contribution in [3.8, 4) is 0 Å². The predicted molar refractivity (Wildman–Crippen MR) is 122 cm³/mol. The van der Waals surface area contributed by atoms with Gasteiger partial charge in [-0.15, -0.1) is 0 Å². The Hall–Kier alpha value is -2.67. The van der Waals surface area contributed by atoms with E-state index in [1.54, 1.807) is 31.2 Å². The minimum atomic E-state index is -3.92. The Morgan fingerprint density at radius 2 is 1.55 bits per heavy atom. The summed E-state index contributed by atoms with van der Waals surface area (Å²) in [5.41, 5.74) is 3.17. The molecule has 1 saturated carbocycles. The molecular weight excluding hydrogens is 412 g/mol. The second-order valence-electron chi connectivity index (χ2n) is 8.55. The number of benzene rings is 2. The van der Waals surface area contributed by atoms with Crippen LogP contribution < -0.4 is 5.32 Å². The molecule has 2 aromatic carbocycles. The zero-order valence-corrected chi connectivity index (χ0v) is 19.4. The van der Waals surface area contributed by atoms with E-state index in [-0.39, 0.29) is 30.2 Å². The highest BCUT2D eigenvalue weighted by Gasteiger charge is 2.54. The molecule has 3 rings (SSSR count). The van der Waals surface area contributed by atoms with Crippen LogP contribution >= 0.6 is 0 Å². The summed E-state index contributed by atoms with van der Waals surface area (Å²) in [4.78, 5) is 27.4. The molecule has 6 nitrogen and oxygen atoms in total. The summed E-state index contributed by atoms with van der Waals surface area (Å²) in [6, 6.07) is 12.6. The van der Waals surface area contributed by atoms with E-state index in [9.17, 15) is 18.0 Å². The van der Waals surface area contributed by atoms with E-state index in [1.165, 1.54) is 11.9 Å². The first-order valence-corrected chi connectivity index (χ1v) is 12.0. The second kappa shape index (κ2) is 8.83. The van der Waals surface area contributed by atoms with Gasteiger partial charge in [-0.25, -0.2) is 8.42 Å². The van der Waals surface area contributed by atoms with Crippen molar-refractivity contribution in [3.63, 3.8) is 0 Å². The zero-order chi connectivity index (χ0) is 22.8. The standard InChI is InChI=1S/C24H30N2O4S/c1-17-8-11-20(12-9-17)25-22(27)16-26(4)23(28)24(13-5-6-14-24)31(29,30)21-15-18(2)7-10-19(21)3/h7-12,15H,5-6,13-14,16H2,1-4H3,(H,25,27). The molecule has 1 aliphatic rings. The van der Waals surface area contributed by atoms with Crippen molar-refractivity contribution in [1.82, 2.24) is 4.90 Å². The molecule has 0 unspecified atom stereocenters. The van der Waals surface area contributed by atoms with Crippen LogP contribution in [0.25, 0.3) is 0 Å². The lowest BCUT2D eigenvalue weighted by Gasteiger charge is -2.32. The van der Waals surface area contributed by atoms with Gasteiger partial charge in [-0.05, 0) is 62.9 Å². The molecule has 0 atom stereocenters.